The lowest BCUT2D eigenvalue weighted by molar-refractivity contribution is -0.129. The van der Waals surface area contributed by atoms with Gasteiger partial charge in [-0.2, -0.15) is 0 Å². The molecule has 0 aliphatic rings. The van der Waals surface area contributed by atoms with Crippen molar-refractivity contribution in [2.45, 2.75) is 39.7 Å². The number of ether oxygens (including phenoxy) is 1. The molecule has 18 heavy (non-hydrogen) atoms. The lowest BCUT2D eigenvalue weighted by Gasteiger charge is -2.21. The number of rotatable bonds is 5. The van der Waals surface area contributed by atoms with Crippen LogP contribution in [0.3, 0.4) is 0 Å². The minimum atomic E-state index is -0.570. The zero-order chi connectivity index (χ0) is 13.7. The van der Waals surface area contributed by atoms with Crippen LogP contribution in [0, 0.1) is 5.92 Å². The lowest BCUT2D eigenvalue weighted by Crippen LogP contribution is -2.44. The second-order valence-corrected chi connectivity index (χ2v) is 5.01. The standard InChI is InChI=1S/C14H22N2O2/c1-9(2)11-5-7-12(8-6-11)18-13(10(3)4)14(17)16-15/h5-10,13H,15H2,1-4H3,(H,16,17). The normalized spacial score (nSPS) is 12.6. The number of nitrogens with two attached hydrogens (primary N) is 1. The van der Waals surface area contributed by atoms with Crippen LogP contribution < -0.4 is 16.0 Å². The van der Waals surface area contributed by atoms with E-state index in [2.05, 4.69) is 19.3 Å². The number of hydrazine groups is 1. The molecule has 0 aliphatic carbocycles. The first-order valence-electron chi connectivity index (χ1n) is 6.22. The molecule has 0 fully saturated rings. The largest absolute Gasteiger partial charge is 0.480 e. The van der Waals surface area contributed by atoms with Crippen molar-refractivity contribution >= 4 is 5.91 Å². The molecule has 4 nitrogen and oxygen atoms in total. The van der Waals surface area contributed by atoms with Crippen molar-refractivity contribution in [3.05, 3.63) is 29.8 Å². The molecule has 3 N–H and O–H groups in total. The minimum absolute atomic E-state index is 0.0540. The number of nitrogens with one attached hydrogen (secondary N) is 1. The van der Waals surface area contributed by atoms with Crippen LogP contribution in [-0.2, 0) is 4.79 Å². The third-order valence-corrected chi connectivity index (χ3v) is 2.82. The van der Waals surface area contributed by atoms with Crippen LogP contribution >= 0.6 is 0 Å². The third-order valence-electron chi connectivity index (χ3n) is 2.82. The quantitative estimate of drug-likeness (QED) is 0.478. The summed E-state index contributed by atoms with van der Waals surface area (Å²) in [5, 5.41) is 0. The van der Waals surface area contributed by atoms with Gasteiger partial charge in [0.2, 0.25) is 0 Å². The molecule has 0 spiro atoms. The van der Waals surface area contributed by atoms with Gasteiger partial charge in [0.05, 0.1) is 0 Å². The molecule has 0 radical (unpaired) electrons. The van der Waals surface area contributed by atoms with Gasteiger partial charge in [0.25, 0.3) is 5.91 Å². The van der Waals surface area contributed by atoms with Gasteiger partial charge >= 0.3 is 0 Å². The van der Waals surface area contributed by atoms with Gasteiger partial charge in [-0.3, -0.25) is 10.2 Å². The fourth-order valence-corrected chi connectivity index (χ4v) is 1.65. The van der Waals surface area contributed by atoms with Crippen molar-refractivity contribution in [2.24, 2.45) is 11.8 Å². The Hall–Kier alpha value is -1.55. The van der Waals surface area contributed by atoms with Crippen LogP contribution in [0.2, 0.25) is 0 Å². The van der Waals surface area contributed by atoms with Crippen molar-refractivity contribution in [1.82, 2.24) is 5.43 Å². The Morgan fingerprint density at radius 3 is 2.11 bits per heavy atom. The van der Waals surface area contributed by atoms with E-state index in [1.807, 2.05) is 38.1 Å². The summed E-state index contributed by atoms with van der Waals surface area (Å²) in [6, 6.07) is 7.79. The highest BCUT2D eigenvalue weighted by Crippen LogP contribution is 2.20. The molecule has 0 saturated heterocycles. The Kier molecular flexibility index (Phi) is 5.16. The molecule has 1 unspecified atom stereocenters. The molecule has 4 heteroatoms. The highest BCUT2D eigenvalue weighted by Gasteiger charge is 2.23. The van der Waals surface area contributed by atoms with Crippen LogP contribution in [0.25, 0.3) is 0 Å². The number of amides is 1. The molecule has 0 heterocycles. The summed E-state index contributed by atoms with van der Waals surface area (Å²) in [7, 11) is 0. The Balaban J connectivity index is 2.78. The molecule has 1 aromatic rings. The second-order valence-electron chi connectivity index (χ2n) is 5.01. The van der Waals surface area contributed by atoms with Crippen LogP contribution in [0.4, 0.5) is 0 Å². The summed E-state index contributed by atoms with van der Waals surface area (Å²) in [5.41, 5.74) is 3.37. The van der Waals surface area contributed by atoms with Gasteiger partial charge in [0, 0.05) is 0 Å². The van der Waals surface area contributed by atoms with E-state index in [9.17, 15) is 4.79 Å². The summed E-state index contributed by atoms with van der Waals surface area (Å²) in [4.78, 5) is 11.6. The van der Waals surface area contributed by atoms with E-state index in [1.165, 1.54) is 5.56 Å². The van der Waals surface area contributed by atoms with Gasteiger partial charge < -0.3 is 4.74 Å². The van der Waals surface area contributed by atoms with Gasteiger partial charge in [-0.05, 0) is 29.5 Å². The van der Waals surface area contributed by atoms with Crippen LogP contribution in [0.15, 0.2) is 24.3 Å². The molecule has 0 bridgehead atoms. The number of carbonyl (C=O) groups excluding carboxylic acids is 1. The van der Waals surface area contributed by atoms with Crippen molar-refractivity contribution in [1.29, 1.82) is 0 Å². The lowest BCUT2D eigenvalue weighted by atomic mass is 10.0. The SMILES string of the molecule is CC(C)c1ccc(OC(C(=O)NN)C(C)C)cc1. The molecule has 1 atom stereocenters. The first kappa shape index (κ1) is 14.5. The van der Waals surface area contributed by atoms with E-state index in [0.717, 1.165) is 0 Å². The zero-order valence-corrected chi connectivity index (χ0v) is 11.4. The Labute approximate surface area is 108 Å². The van der Waals surface area contributed by atoms with E-state index in [4.69, 9.17) is 10.6 Å². The molecule has 1 aromatic carbocycles. The van der Waals surface area contributed by atoms with E-state index >= 15 is 0 Å². The highest BCUT2D eigenvalue weighted by molar-refractivity contribution is 5.80. The molecule has 1 amide bonds. The molecular formula is C14H22N2O2. The van der Waals surface area contributed by atoms with Crippen LogP contribution in [-0.4, -0.2) is 12.0 Å². The maximum atomic E-state index is 11.6. The molecule has 100 valence electrons. The summed E-state index contributed by atoms with van der Waals surface area (Å²) in [6.45, 7) is 8.11. The summed E-state index contributed by atoms with van der Waals surface area (Å²) in [5.74, 6) is 6.06. The van der Waals surface area contributed by atoms with Gasteiger partial charge in [-0.25, -0.2) is 5.84 Å². The number of hydrogen-bond donors (Lipinski definition) is 2. The van der Waals surface area contributed by atoms with E-state index < -0.39 is 6.10 Å². The smallest absolute Gasteiger partial charge is 0.275 e. The molecule has 1 rings (SSSR count). The van der Waals surface area contributed by atoms with E-state index in [1.54, 1.807) is 0 Å². The molecule has 0 saturated carbocycles. The van der Waals surface area contributed by atoms with Gasteiger partial charge in [-0.15, -0.1) is 0 Å². The number of carbonyl (C=O) groups is 1. The van der Waals surface area contributed by atoms with Crippen molar-refractivity contribution in [3.63, 3.8) is 0 Å². The average Bonchev–Trinajstić information content (AvgIpc) is 2.35. The van der Waals surface area contributed by atoms with Gasteiger partial charge in [-0.1, -0.05) is 39.8 Å². The number of hydrogen-bond acceptors (Lipinski definition) is 3. The van der Waals surface area contributed by atoms with E-state index in [-0.39, 0.29) is 11.8 Å². The van der Waals surface area contributed by atoms with Crippen LogP contribution in [0.5, 0.6) is 5.75 Å². The van der Waals surface area contributed by atoms with Gasteiger partial charge in [0.1, 0.15) is 5.75 Å². The monoisotopic (exact) mass is 250 g/mol. The first-order valence-corrected chi connectivity index (χ1v) is 6.22. The minimum Gasteiger partial charge on any atom is -0.480 e. The zero-order valence-electron chi connectivity index (χ0n) is 11.4. The first-order chi connectivity index (χ1) is 8.45. The van der Waals surface area contributed by atoms with E-state index in [0.29, 0.717) is 11.7 Å². The van der Waals surface area contributed by atoms with Crippen molar-refractivity contribution in [3.8, 4) is 5.75 Å². The second kappa shape index (κ2) is 6.40. The number of benzene rings is 1. The molecule has 0 aliphatic heterocycles. The Morgan fingerprint density at radius 1 is 1.17 bits per heavy atom. The van der Waals surface area contributed by atoms with Crippen molar-refractivity contribution < 1.29 is 9.53 Å². The highest BCUT2D eigenvalue weighted by atomic mass is 16.5. The Bertz CT molecular complexity index is 385. The summed E-state index contributed by atoms with van der Waals surface area (Å²) in [6.07, 6.45) is -0.570. The maximum Gasteiger partial charge on any atom is 0.275 e. The topological polar surface area (TPSA) is 64.3 Å². The predicted octanol–water partition coefficient (Wildman–Crippen LogP) is 2.20. The molecular weight excluding hydrogens is 228 g/mol. The summed E-state index contributed by atoms with van der Waals surface area (Å²) >= 11 is 0. The fourth-order valence-electron chi connectivity index (χ4n) is 1.65. The average molecular weight is 250 g/mol. The van der Waals surface area contributed by atoms with Crippen molar-refractivity contribution in [2.75, 3.05) is 0 Å². The predicted molar refractivity (Wildman–Crippen MR) is 72.1 cm³/mol. The fraction of sp³-hybridized carbons (Fsp3) is 0.500. The van der Waals surface area contributed by atoms with Gasteiger partial charge in [0.15, 0.2) is 6.10 Å². The third kappa shape index (κ3) is 3.74. The molecule has 0 aromatic heterocycles. The Morgan fingerprint density at radius 2 is 1.72 bits per heavy atom. The maximum absolute atomic E-state index is 11.6. The summed E-state index contributed by atoms with van der Waals surface area (Å²) < 4.78 is 5.67. The van der Waals surface area contributed by atoms with Crippen LogP contribution in [0.1, 0.15) is 39.2 Å².